The summed E-state index contributed by atoms with van der Waals surface area (Å²) in [7, 11) is -7.54. The van der Waals surface area contributed by atoms with Crippen molar-refractivity contribution in [1.82, 2.24) is 4.31 Å². The van der Waals surface area contributed by atoms with Crippen LogP contribution in [0.5, 0.6) is 0 Å². The molecule has 2 aliphatic heterocycles. The second kappa shape index (κ2) is 7.93. The number of fused-ring (bicyclic) bond motifs is 2. The predicted molar refractivity (Wildman–Crippen MR) is 133 cm³/mol. The Bertz CT molecular complexity index is 1420. The largest absolute Gasteiger partial charge is 0.265 e. The molecule has 1 spiro atoms. The molecule has 1 fully saturated rings. The summed E-state index contributed by atoms with van der Waals surface area (Å²) in [4.78, 5) is 0.480. The molecule has 0 aromatic heterocycles. The van der Waals surface area contributed by atoms with Crippen molar-refractivity contribution in [3.8, 4) is 0 Å². The summed E-state index contributed by atoms with van der Waals surface area (Å²) in [6, 6.07) is 24.4. The second-order valence-electron chi connectivity index (χ2n) is 10.0. The summed E-state index contributed by atoms with van der Waals surface area (Å²) < 4.78 is 57.6. The molecule has 8 heteroatoms. The van der Waals surface area contributed by atoms with Gasteiger partial charge in [-0.3, -0.25) is 4.31 Å². The molecule has 6 nitrogen and oxygen atoms in total. The van der Waals surface area contributed by atoms with E-state index < -0.39 is 25.5 Å². The van der Waals surface area contributed by atoms with Crippen LogP contribution in [0.1, 0.15) is 25.8 Å². The summed E-state index contributed by atoms with van der Waals surface area (Å²) in [5.74, 6) is 0. The van der Waals surface area contributed by atoms with Crippen LogP contribution < -0.4 is 4.31 Å². The summed E-state index contributed by atoms with van der Waals surface area (Å²) in [5.41, 5.74) is 0.513. The SMILES string of the molecule is CC1(C)CN(S(=O)(=O)c2ccccc2)CC2(CN(S(=O)(=O)c3ccccc3)c3ccccc32)C1. The minimum absolute atomic E-state index is 0.202. The van der Waals surface area contributed by atoms with E-state index in [1.807, 2.05) is 24.3 Å². The number of piperidine rings is 1. The van der Waals surface area contributed by atoms with Crippen LogP contribution >= 0.6 is 0 Å². The smallest absolute Gasteiger partial charge is 0.264 e. The number of sulfonamides is 2. The lowest BCUT2D eigenvalue weighted by Gasteiger charge is -2.48. The van der Waals surface area contributed by atoms with E-state index in [-0.39, 0.29) is 28.3 Å². The fourth-order valence-electron chi connectivity index (χ4n) is 5.62. The molecule has 2 aliphatic rings. The molecule has 0 N–H and O–H groups in total. The molecule has 2 heterocycles. The molecule has 0 aliphatic carbocycles. The van der Waals surface area contributed by atoms with Crippen LogP contribution in [-0.2, 0) is 25.5 Å². The first kappa shape index (κ1) is 23.1. The Morgan fingerprint density at radius 1 is 0.647 bits per heavy atom. The standard InChI is InChI=1S/C26H28N2O4S2/c1-25(2)17-26(19-27(18-25)33(29,30)21-11-5-3-6-12-21)20-28(24-16-10-9-15-23(24)26)34(31,32)22-13-7-4-8-14-22/h3-16H,17-20H2,1-2H3. The van der Waals surface area contributed by atoms with Crippen molar-refractivity contribution in [2.45, 2.75) is 35.5 Å². The van der Waals surface area contributed by atoms with E-state index in [1.165, 1.54) is 4.31 Å². The lowest BCUT2D eigenvalue weighted by atomic mass is 9.67. The van der Waals surface area contributed by atoms with Crippen LogP contribution in [-0.4, -0.2) is 40.8 Å². The first-order valence-electron chi connectivity index (χ1n) is 11.3. The van der Waals surface area contributed by atoms with Crippen molar-refractivity contribution in [3.63, 3.8) is 0 Å². The molecule has 0 radical (unpaired) electrons. The Kier molecular flexibility index (Phi) is 5.39. The zero-order chi connectivity index (χ0) is 24.2. The summed E-state index contributed by atoms with van der Waals surface area (Å²) in [5, 5.41) is 0. The highest BCUT2D eigenvalue weighted by atomic mass is 32.2. The molecule has 1 unspecified atom stereocenters. The zero-order valence-corrected chi connectivity index (χ0v) is 20.9. The fourth-order valence-corrected chi connectivity index (χ4v) is 8.94. The highest BCUT2D eigenvalue weighted by Gasteiger charge is 2.54. The van der Waals surface area contributed by atoms with E-state index in [1.54, 1.807) is 65.0 Å². The predicted octanol–water partition coefficient (Wildman–Crippen LogP) is 4.25. The second-order valence-corrected chi connectivity index (χ2v) is 13.8. The zero-order valence-electron chi connectivity index (χ0n) is 19.3. The molecule has 178 valence electrons. The maximum atomic E-state index is 13.7. The van der Waals surface area contributed by atoms with Crippen molar-refractivity contribution in [2.75, 3.05) is 23.9 Å². The van der Waals surface area contributed by atoms with Crippen LogP contribution in [0.25, 0.3) is 0 Å². The lowest BCUT2D eigenvalue weighted by molar-refractivity contribution is 0.114. The third-order valence-corrected chi connectivity index (χ3v) is 10.4. The van der Waals surface area contributed by atoms with Gasteiger partial charge in [0.2, 0.25) is 10.0 Å². The minimum atomic E-state index is -3.80. The Morgan fingerprint density at radius 3 is 1.79 bits per heavy atom. The van der Waals surface area contributed by atoms with Gasteiger partial charge < -0.3 is 0 Å². The monoisotopic (exact) mass is 496 g/mol. The van der Waals surface area contributed by atoms with Gasteiger partial charge in [0, 0.05) is 25.0 Å². The third kappa shape index (κ3) is 3.74. The van der Waals surface area contributed by atoms with Gasteiger partial charge in [0.1, 0.15) is 0 Å². The number of anilines is 1. The molecule has 1 saturated heterocycles. The molecule has 34 heavy (non-hydrogen) atoms. The maximum Gasteiger partial charge on any atom is 0.264 e. The van der Waals surface area contributed by atoms with Gasteiger partial charge in [-0.2, -0.15) is 4.31 Å². The normalized spacial score (nSPS) is 22.6. The summed E-state index contributed by atoms with van der Waals surface area (Å²) in [6.45, 7) is 4.91. The Hall–Kier alpha value is -2.68. The van der Waals surface area contributed by atoms with Gasteiger partial charge in [0.15, 0.2) is 0 Å². The van der Waals surface area contributed by atoms with E-state index in [0.29, 0.717) is 18.7 Å². The molecule has 0 bridgehead atoms. The van der Waals surface area contributed by atoms with Crippen LogP contribution in [0, 0.1) is 5.41 Å². The Balaban J connectivity index is 1.62. The molecular weight excluding hydrogens is 468 g/mol. The van der Waals surface area contributed by atoms with Gasteiger partial charge >= 0.3 is 0 Å². The Labute approximate surface area is 201 Å². The highest BCUT2D eigenvalue weighted by molar-refractivity contribution is 7.92. The maximum absolute atomic E-state index is 13.7. The summed E-state index contributed by atoms with van der Waals surface area (Å²) in [6.07, 6.45) is 0.679. The summed E-state index contributed by atoms with van der Waals surface area (Å²) >= 11 is 0. The van der Waals surface area contributed by atoms with Gasteiger partial charge in [-0.25, -0.2) is 16.8 Å². The molecular formula is C26H28N2O4S2. The van der Waals surface area contributed by atoms with Crippen LogP contribution in [0.15, 0.2) is 94.7 Å². The van der Waals surface area contributed by atoms with E-state index >= 15 is 0 Å². The van der Waals surface area contributed by atoms with Crippen LogP contribution in [0.3, 0.4) is 0 Å². The topological polar surface area (TPSA) is 74.8 Å². The van der Waals surface area contributed by atoms with Gasteiger partial charge in [0.05, 0.1) is 15.5 Å². The molecule has 5 rings (SSSR count). The first-order chi connectivity index (χ1) is 16.1. The Morgan fingerprint density at radius 2 is 1.18 bits per heavy atom. The molecule has 0 saturated carbocycles. The van der Waals surface area contributed by atoms with Gasteiger partial charge in [-0.15, -0.1) is 0 Å². The quantitative estimate of drug-likeness (QED) is 0.541. The van der Waals surface area contributed by atoms with Gasteiger partial charge in [-0.1, -0.05) is 68.4 Å². The fraction of sp³-hybridized carbons (Fsp3) is 0.308. The number of hydrogen-bond acceptors (Lipinski definition) is 4. The van der Waals surface area contributed by atoms with Crippen LogP contribution in [0.2, 0.25) is 0 Å². The van der Waals surface area contributed by atoms with Crippen molar-refractivity contribution in [2.24, 2.45) is 5.41 Å². The molecule has 3 aromatic rings. The average molecular weight is 497 g/mol. The number of hydrogen-bond donors (Lipinski definition) is 0. The molecule has 3 aromatic carbocycles. The van der Waals surface area contributed by atoms with E-state index in [2.05, 4.69) is 13.8 Å². The number of para-hydroxylation sites is 1. The highest BCUT2D eigenvalue weighted by Crippen LogP contribution is 2.52. The number of rotatable bonds is 4. The van der Waals surface area contributed by atoms with Gasteiger partial charge in [0.25, 0.3) is 10.0 Å². The first-order valence-corrected chi connectivity index (χ1v) is 14.2. The molecule has 0 amide bonds. The third-order valence-electron chi connectivity index (χ3n) is 6.80. The van der Waals surface area contributed by atoms with E-state index in [4.69, 9.17) is 0 Å². The minimum Gasteiger partial charge on any atom is -0.265 e. The van der Waals surface area contributed by atoms with E-state index in [9.17, 15) is 16.8 Å². The van der Waals surface area contributed by atoms with Crippen molar-refractivity contribution >= 4 is 25.7 Å². The van der Waals surface area contributed by atoms with Gasteiger partial charge in [-0.05, 0) is 47.7 Å². The molecule has 1 atom stereocenters. The number of benzene rings is 3. The van der Waals surface area contributed by atoms with E-state index in [0.717, 1.165) is 5.56 Å². The van der Waals surface area contributed by atoms with Crippen LogP contribution in [0.4, 0.5) is 5.69 Å². The number of nitrogens with zero attached hydrogens (tertiary/aromatic N) is 2. The average Bonchev–Trinajstić information content (AvgIpc) is 3.13. The van der Waals surface area contributed by atoms with Crippen molar-refractivity contribution in [3.05, 3.63) is 90.5 Å². The van der Waals surface area contributed by atoms with Crippen molar-refractivity contribution < 1.29 is 16.8 Å². The lowest BCUT2D eigenvalue weighted by Crippen LogP contribution is -2.56. The van der Waals surface area contributed by atoms with Crippen molar-refractivity contribution in [1.29, 1.82) is 0 Å².